The summed E-state index contributed by atoms with van der Waals surface area (Å²) in [7, 11) is -3.44. The Morgan fingerprint density at radius 3 is 2.67 bits per heavy atom. The minimum absolute atomic E-state index is 0.0290. The van der Waals surface area contributed by atoms with Gasteiger partial charge in [-0.05, 0) is 45.2 Å². The lowest BCUT2D eigenvalue weighted by Crippen LogP contribution is -2.35. The molecular formula is C22H24FN5O3S2. The number of sulfonamides is 1. The van der Waals surface area contributed by atoms with Crippen LogP contribution < -0.4 is 10.0 Å². The molecule has 0 bridgehead atoms. The van der Waals surface area contributed by atoms with Crippen molar-refractivity contribution in [3.63, 3.8) is 0 Å². The maximum atomic E-state index is 14.8. The van der Waals surface area contributed by atoms with Gasteiger partial charge < -0.3 is 5.32 Å². The molecule has 0 saturated heterocycles. The van der Waals surface area contributed by atoms with Crippen LogP contribution in [-0.2, 0) is 26.7 Å². The van der Waals surface area contributed by atoms with Crippen LogP contribution in [0.1, 0.15) is 45.0 Å². The highest BCUT2D eigenvalue weighted by Crippen LogP contribution is 2.33. The number of hydrogen-bond donors (Lipinski definition) is 2. The quantitative estimate of drug-likeness (QED) is 0.492. The van der Waals surface area contributed by atoms with Crippen LogP contribution in [0.3, 0.4) is 0 Å². The molecule has 0 radical (unpaired) electrons. The van der Waals surface area contributed by atoms with Gasteiger partial charge in [-0.2, -0.15) is 0 Å². The van der Waals surface area contributed by atoms with Gasteiger partial charge >= 0.3 is 0 Å². The lowest BCUT2D eigenvalue weighted by Gasteiger charge is -2.22. The van der Waals surface area contributed by atoms with Crippen LogP contribution in [-0.4, -0.2) is 34.5 Å². The van der Waals surface area contributed by atoms with E-state index in [9.17, 15) is 17.6 Å². The van der Waals surface area contributed by atoms with Crippen LogP contribution in [0.15, 0.2) is 36.0 Å². The van der Waals surface area contributed by atoms with E-state index in [0.717, 1.165) is 17.0 Å². The van der Waals surface area contributed by atoms with E-state index in [4.69, 9.17) is 0 Å². The second kappa shape index (κ2) is 8.79. The standard InChI is InChI=1S/C22H24FN5O3S2/c1-4-14-10-24-11-18(25-14)13-5-8-17(16(23)9-13)26-20(29)22(2,3)19-12-32-21(27-19)28-33(30,31)15-6-7-15/h5,8-12,15H,4,6-7H2,1-3H3,(H,26,29)(H,27,28). The average Bonchev–Trinajstić information content (AvgIpc) is 3.55. The molecule has 2 heterocycles. The zero-order valence-electron chi connectivity index (χ0n) is 18.4. The lowest BCUT2D eigenvalue weighted by atomic mass is 9.89. The summed E-state index contributed by atoms with van der Waals surface area (Å²) in [6, 6.07) is 4.46. The van der Waals surface area contributed by atoms with E-state index in [0.29, 0.717) is 36.2 Å². The van der Waals surface area contributed by atoms with Gasteiger partial charge in [0.1, 0.15) is 5.82 Å². The Balaban J connectivity index is 1.49. The Hall–Kier alpha value is -2.92. The van der Waals surface area contributed by atoms with Crippen molar-refractivity contribution in [2.24, 2.45) is 0 Å². The van der Waals surface area contributed by atoms with Gasteiger partial charge in [-0.3, -0.25) is 14.5 Å². The minimum atomic E-state index is -3.44. The number of rotatable bonds is 8. The molecule has 1 saturated carbocycles. The second-order valence-electron chi connectivity index (χ2n) is 8.41. The summed E-state index contributed by atoms with van der Waals surface area (Å²) in [6.07, 6.45) is 5.22. The van der Waals surface area contributed by atoms with Gasteiger partial charge in [0.15, 0.2) is 5.13 Å². The summed E-state index contributed by atoms with van der Waals surface area (Å²) in [4.78, 5) is 25.8. The molecule has 174 valence electrons. The molecule has 1 amide bonds. The highest BCUT2D eigenvalue weighted by atomic mass is 32.2. The van der Waals surface area contributed by atoms with Gasteiger partial charge in [-0.1, -0.05) is 13.0 Å². The summed E-state index contributed by atoms with van der Waals surface area (Å²) in [5.74, 6) is -1.07. The first-order chi connectivity index (χ1) is 15.6. The van der Waals surface area contributed by atoms with Crippen LogP contribution in [0.5, 0.6) is 0 Å². The highest BCUT2D eigenvalue weighted by molar-refractivity contribution is 7.93. The number of anilines is 2. The van der Waals surface area contributed by atoms with Gasteiger partial charge in [-0.15, -0.1) is 11.3 Å². The SMILES string of the molecule is CCc1cncc(-c2ccc(NC(=O)C(C)(C)c3csc(NS(=O)(=O)C4CC4)n3)c(F)c2)n1. The number of nitrogens with zero attached hydrogens (tertiary/aromatic N) is 3. The molecular weight excluding hydrogens is 465 g/mol. The molecule has 0 spiro atoms. The van der Waals surface area contributed by atoms with Crippen molar-refractivity contribution >= 4 is 38.1 Å². The fraction of sp³-hybridized carbons (Fsp3) is 0.364. The summed E-state index contributed by atoms with van der Waals surface area (Å²) in [5.41, 5.74) is 1.21. The fourth-order valence-electron chi connectivity index (χ4n) is 3.08. The average molecular weight is 490 g/mol. The van der Waals surface area contributed by atoms with Crippen molar-refractivity contribution in [3.05, 3.63) is 53.2 Å². The molecule has 1 fully saturated rings. The number of hydrogen-bond acceptors (Lipinski definition) is 7. The fourth-order valence-corrected chi connectivity index (χ4v) is 5.55. The number of nitrogens with one attached hydrogen (secondary N) is 2. The summed E-state index contributed by atoms with van der Waals surface area (Å²) >= 11 is 1.11. The molecule has 1 aliphatic rings. The van der Waals surface area contributed by atoms with E-state index in [1.54, 1.807) is 37.7 Å². The Bertz CT molecular complexity index is 1300. The Morgan fingerprint density at radius 2 is 2.00 bits per heavy atom. The number of aromatic nitrogens is 3. The smallest absolute Gasteiger partial charge is 0.237 e. The zero-order chi connectivity index (χ0) is 23.8. The summed E-state index contributed by atoms with van der Waals surface area (Å²) in [6.45, 7) is 5.26. The summed E-state index contributed by atoms with van der Waals surface area (Å²) < 4.78 is 41.5. The molecule has 2 N–H and O–H groups in total. The minimum Gasteiger partial charge on any atom is -0.323 e. The lowest BCUT2D eigenvalue weighted by molar-refractivity contribution is -0.120. The number of carbonyl (C=O) groups excluding carboxylic acids is 1. The van der Waals surface area contributed by atoms with Crippen LogP contribution >= 0.6 is 11.3 Å². The third-order valence-corrected chi connectivity index (χ3v) is 8.18. The van der Waals surface area contributed by atoms with E-state index >= 15 is 0 Å². The first kappa shape index (κ1) is 23.2. The molecule has 8 nitrogen and oxygen atoms in total. The van der Waals surface area contributed by atoms with Gasteiger partial charge in [0.05, 0.1) is 39.6 Å². The number of carbonyl (C=O) groups is 1. The molecule has 0 atom stereocenters. The highest BCUT2D eigenvalue weighted by Gasteiger charge is 2.37. The predicted molar refractivity (Wildman–Crippen MR) is 126 cm³/mol. The molecule has 1 aliphatic carbocycles. The molecule has 0 aliphatic heterocycles. The normalized spacial score (nSPS) is 14.2. The number of thiazole rings is 1. The Labute approximate surface area is 195 Å². The van der Waals surface area contributed by atoms with Crippen molar-refractivity contribution in [3.8, 4) is 11.3 Å². The van der Waals surface area contributed by atoms with Crippen molar-refractivity contribution < 1.29 is 17.6 Å². The Kier molecular flexibility index (Phi) is 6.19. The van der Waals surface area contributed by atoms with Gasteiger partial charge in [-0.25, -0.2) is 22.8 Å². The third-order valence-electron chi connectivity index (χ3n) is 5.46. The Morgan fingerprint density at radius 1 is 1.24 bits per heavy atom. The maximum Gasteiger partial charge on any atom is 0.237 e. The van der Waals surface area contributed by atoms with E-state index in [-0.39, 0.29) is 16.1 Å². The van der Waals surface area contributed by atoms with Crippen molar-refractivity contribution in [2.75, 3.05) is 10.0 Å². The van der Waals surface area contributed by atoms with E-state index in [2.05, 4.69) is 25.0 Å². The van der Waals surface area contributed by atoms with Crippen LogP contribution in [0.4, 0.5) is 15.2 Å². The number of halogens is 1. The number of amides is 1. The van der Waals surface area contributed by atoms with Crippen molar-refractivity contribution in [1.82, 2.24) is 15.0 Å². The van der Waals surface area contributed by atoms with Gasteiger partial charge in [0, 0.05) is 17.1 Å². The molecule has 3 aromatic rings. The number of benzene rings is 1. The first-order valence-electron chi connectivity index (χ1n) is 10.5. The van der Waals surface area contributed by atoms with Crippen molar-refractivity contribution in [2.45, 2.75) is 50.7 Å². The van der Waals surface area contributed by atoms with Crippen LogP contribution in [0, 0.1) is 5.82 Å². The largest absolute Gasteiger partial charge is 0.323 e. The molecule has 4 rings (SSSR count). The molecule has 33 heavy (non-hydrogen) atoms. The second-order valence-corrected chi connectivity index (χ2v) is 11.2. The molecule has 2 aromatic heterocycles. The summed E-state index contributed by atoms with van der Waals surface area (Å²) in [5, 5.41) is 4.08. The molecule has 1 aromatic carbocycles. The predicted octanol–water partition coefficient (Wildman–Crippen LogP) is 4.12. The zero-order valence-corrected chi connectivity index (χ0v) is 20.1. The molecule has 11 heteroatoms. The van der Waals surface area contributed by atoms with E-state index in [1.165, 1.54) is 12.1 Å². The number of aryl methyl sites for hydroxylation is 1. The monoisotopic (exact) mass is 489 g/mol. The maximum absolute atomic E-state index is 14.8. The first-order valence-corrected chi connectivity index (χ1v) is 12.9. The molecule has 0 unspecified atom stereocenters. The van der Waals surface area contributed by atoms with E-state index < -0.39 is 27.2 Å². The van der Waals surface area contributed by atoms with Crippen molar-refractivity contribution in [1.29, 1.82) is 0 Å². The van der Waals surface area contributed by atoms with Crippen LogP contribution in [0.25, 0.3) is 11.3 Å². The topological polar surface area (TPSA) is 114 Å². The third kappa shape index (κ3) is 5.03. The van der Waals surface area contributed by atoms with Crippen LogP contribution in [0.2, 0.25) is 0 Å². The van der Waals surface area contributed by atoms with Gasteiger partial charge in [0.2, 0.25) is 15.9 Å². The van der Waals surface area contributed by atoms with Gasteiger partial charge in [0.25, 0.3) is 0 Å². The van der Waals surface area contributed by atoms with E-state index in [1.807, 2.05) is 6.92 Å².